The van der Waals surface area contributed by atoms with Crippen LogP contribution in [-0.2, 0) is 7.05 Å². The van der Waals surface area contributed by atoms with Crippen molar-refractivity contribution in [2.24, 2.45) is 7.05 Å². The normalized spacial score (nSPS) is 12.4. The van der Waals surface area contributed by atoms with E-state index in [1.807, 2.05) is 26.8 Å². The van der Waals surface area contributed by atoms with Crippen LogP contribution in [0.4, 0.5) is 10.5 Å². The number of amides is 1. The van der Waals surface area contributed by atoms with Crippen LogP contribution < -0.4 is 0 Å². The minimum Gasteiger partial charge on any atom is -0.465 e. The molecular weight excluding hydrogens is 348 g/mol. The second-order valence-electron chi connectivity index (χ2n) is 7.25. The molecule has 0 saturated carbocycles. The Morgan fingerprint density at radius 3 is 2.67 bits per heavy atom. The van der Waals surface area contributed by atoms with E-state index in [9.17, 15) is 20.0 Å². The number of carbonyl (C=O) groups is 1. The van der Waals surface area contributed by atoms with Crippen molar-refractivity contribution < 1.29 is 14.8 Å². The highest BCUT2D eigenvalue weighted by Gasteiger charge is 2.34. The van der Waals surface area contributed by atoms with E-state index in [1.54, 1.807) is 31.3 Å². The highest BCUT2D eigenvalue weighted by Crippen LogP contribution is 2.35. The number of nitrogens with zero attached hydrogens (tertiary/aromatic N) is 4. The number of nitro groups is 1. The maximum absolute atomic E-state index is 11.9. The van der Waals surface area contributed by atoms with Gasteiger partial charge in [0.1, 0.15) is 11.9 Å². The van der Waals surface area contributed by atoms with Crippen LogP contribution in [0.1, 0.15) is 38.8 Å². The molecule has 0 fully saturated rings. The lowest BCUT2D eigenvalue weighted by molar-refractivity contribution is -0.384. The third-order valence-electron chi connectivity index (χ3n) is 4.29. The van der Waals surface area contributed by atoms with E-state index < -0.39 is 22.6 Å². The van der Waals surface area contributed by atoms with Gasteiger partial charge in [0.15, 0.2) is 0 Å². The molecule has 1 heterocycles. The summed E-state index contributed by atoms with van der Waals surface area (Å²) < 4.78 is 1.44. The number of rotatable bonds is 6. The van der Waals surface area contributed by atoms with E-state index in [-0.39, 0.29) is 5.69 Å². The number of aromatic nitrogens is 2. The summed E-state index contributed by atoms with van der Waals surface area (Å²) in [6.07, 6.45) is 2.26. The second-order valence-corrected chi connectivity index (χ2v) is 7.25. The van der Waals surface area contributed by atoms with Crippen LogP contribution in [0.2, 0.25) is 0 Å². The molecule has 1 amide bonds. The summed E-state index contributed by atoms with van der Waals surface area (Å²) in [5.41, 5.74) is 0.985. The number of aryl methyl sites for hydroxylation is 1. The van der Waals surface area contributed by atoms with Crippen LogP contribution >= 0.6 is 0 Å². The molecule has 0 aliphatic carbocycles. The zero-order chi connectivity index (χ0) is 20.4. The molecule has 8 nitrogen and oxygen atoms in total. The van der Waals surface area contributed by atoms with E-state index in [0.717, 1.165) is 5.56 Å². The summed E-state index contributed by atoms with van der Waals surface area (Å²) in [6.45, 7) is 9.23. The molecule has 2 rings (SSSR count). The fourth-order valence-electron chi connectivity index (χ4n) is 3.22. The molecule has 144 valence electrons. The Balaban J connectivity index is 2.60. The fourth-order valence-corrected chi connectivity index (χ4v) is 3.22. The van der Waals surface area contributed by atoms with Gasteiger partial charge in [-0.25, -0.2) is 4.79 Å². The van der Waals surface area contributed by atoms with E-state index in [1.165, 1.54) is 15.8 Å². The molecule has 2 aromatic rings. The van der Waals surface area contributed by atoms with Gasteiger partial charge in [-0.15, -0.1) is 6.58 Å². The first-order valence-electron chi connectivity index (χ1n) is 8.47. The number of hydrogen-bond donors (Lipinski definition) is 1. The molecular formula is C19H24N4O4. The molecule has 1 aromatic heterocycles. The topological polar surface area (TPSA) is 102 Å². The van der Waals surface area contributed by atoms with Gasteiger partial charge in [0.2, 0.25) is 0 Å². The molecule has 1 atom stereocenters. The largest absolute Gasteiger partial charge is 0.465 e. The van der Waals surface area contributed by atoms with Crippen molar-refractivity contribution in [3.05, 3.63) is 58.8 Å². The first kappa shape index (κ1) is 20.2. The highest BCUT2D eigenvalue weighted by atomic mass is 16.6. The molecule has 1 N–H and O–H groups in total. The summed E-state index contributed by atoms with van der Waals surface area (Å²) in [4.78, 5) is 24.1. The van der Waals surface area contributed by atoms with Gasteiger partial charge in [-0.3, -0.25) is 19.7 Å². The van der Waals surface area contributed by atoms with Gasteiger partial charge in [-0.1, -0.05) is 24.3 Å². The van der Waals surface area contributed by atoms with Crippen molar-refractivity contribution in [3.8, 4) is 11.3 Å². The van der Waals surface area contributed by atoms with E-state index in [0.29, 0.717) is 17.7 Å². The monoisotopic (exact) mass is 372 g/mol. The quantitative estimate of drug-likeness (QED) is 0.460. The van der Waals surface area contributed by atoms with E-state index >= 15 is 0 Å². The Morgan fingerprint density at radius 2 is 2.15 bits per heavy atom. The van der Waals surface area contributed by atoms with Gasteiger partial charge in [-0.05, 0) is 38.8 Å². The zero-order valence-corrected chi connectivity index (χ0v) is 15.9. The Hall–Kier alpha value is -3.16. The van der Waals surface area contributed by atoms with Crippen LogP contribution in [0.15, 0.2) is 43.1 Å². The van der Waals surface area contributed by atoms with E-state index in [4.69, 9.17) is 0 Å². The molecule has 27 heavy (non-hydrogen) atoms. The van der Waals surface area contributed by atoms with Crippen LogP contribution in [0.25, 0.3) is 11.3 Å². The zero-order valence-electron chi connectivity index (χ0n) is 15.9. The van der Waals surface area contributed by atoms with Gasteiger partial charge in [0.25, 0.3) is 0 Å². The summed E-state index contributed by atoms with van der Waals surface area (Å²) in [6, 6.07) is 6.65. The summed E-state index contributed by atoms with van der Waals surface area (Å²) >= 11 is 0. The number of carboxylic acid groups (broad SMARTS) is 1. The van der Waals surface area contributed by atoms with Crippen molar-refractivity contribution in [2.45, 2.75) is 38.8 Å². The van der Waals surface area contributed by atoms with Gasteiger partial charge in [-0.2, -0.15) is 5.10 Å². The molecule has 1 aromatic carbocycles. The lowest BCUT2D eigenvalue weighted by atomic mass is 9.94. The highest BCUT2D eigenvalue weighted by molar-refractivity contribution is 5.71. The van der Waals surface area contributed by atoms with Crippen molar-refractivity contribution in [1.82, 2.24) is 14.7 Å². The average molecular weight is 372 g/mol. The molecule has 0 saturated heterocycles. The van der Waals surface area contributed by atoms with Crippen molar-refractivity contribution >= 4 is 11.8 Å². The first-order chi connectivity index (χ1) is 12.6. The predicted molar refractivity (Wildman–Crippen MR) is 102 cm³/mol. The minimum absolute atomic E-state index is 0.0965. The minimum atomic E-state index is -1.04. The first-order valence-corrected chi connectivity index (χ1v) is 8.47. The fraction of sp³-hybridized carbons (Fsp3) is 0.368. The van der Waals surface area contributed by atoms with Crippen LogP contribution in [0.3, 0.4) is 0 Å². The van der Waals surface area contributed by atoms with Crippen LogP contribution in [-0.4, -0.2) is 36.3 Å². The van der Waals surface area contributed by atoms with Gasteiger partial charge < -0.3 is 5.11 Å². The average Bonchev–Trinajstić information content (AvgIpc) is 2.95. The number of hydrogen-bond acceptors (Lipinski definition) is 4. The molecule has 0 aliphatic rings. The third kappa shape index (κ3) is 4.16. The van der Waals surface area contributed by atoms with Crippen molar-refractivity contribution in [2.75, 3.05) is 0 Å². The van der Waals surface area contributed by atoms with Crippen LogP contribution in [0.5, 0.6) is 0 Å². The number of benzene rings is 1. The van der Waals surface area contributed by atoms with Gasteiger partial charge in [0, 0.05) is 18.2 Å². The molecule has 0 bridgehead atoms. The third-order valence-corrected chi connectivity index (χ3v) is 4.29. The Morgan fingerprint density at radius 1 is 1.48 bits per heavy atom. The maximum atomic E-state index is 11.9. The van der Waals surface area contributed by atoms with Crippen LogP contribution in [0, 0.1) is 10.1 Å². The molecule has 0 spiro atoms. The Kier molecular flexibility index (Phi) is 5.68. The van der Waals surface area contributed by atoms with Gasteiger partial charge >= 0.3 is 11.8 Å². The lowest BCUT2D eigenvalue weighted by Crippen LogP contribution is -2.47. The lowest BCUT2D eigenvalue weighted by Gasteiger charge is -2.39. The predicted octanol–water partition coefficient (Wildman–Crippen LogP) is 4.39. The maximum Gasteiger partial charge on any atom is 0.408 e. The molecule has 0 aliphatic heterocycles. The smallest absolute Gasteiger partial charge is 0.408 e. The molecule has 0 unspecified atom stereocenters. The van der Waals surface area contributed by atoms with Crippen molar-refractivity contribution in [1.29, 1.82) is 0 Å². The summed E-state index contributed by atoms with van der Waals surface area (Å²) in [7, 11) is 1.63. The second kappa shape index (κ2) is 7.61. The summed E-state index contributed by atoms with van der Waals surface area (Å²) in [5.74, 6) is 0. The summed E-state index contributed by atoms with van der Waals surface area (Å²) in [5, 5.41) is 25.1. The van der Waals surface area contributed by atoms with Crippen molar-refractivity contribution in [3.63, 3.8) is 0 Å². The SMILES string of the molecule is C=CC[C@@H](c1cccc(-c2c([N+](=O)[O-])cnn2C)c1)N(C(=O)O)C(C)(C)C. The Bertz CT molecular complexity index is 867. The van der Waals surface area contributed by atoms with Gasteiger partial charge in [0.05, 0.1) is 11.0 Å². The Labute approximate surface area is 157 Å². The molecule has 8 heteroatoms. The van der Waals surface area contributed by atoms with E-state index in [2.05, 4.69) is 11.7 Å². The molecule has 0 radical (unpaired) electrons. The standard InChI is InChI=1S/C19H24N4O4/c1-6-8-15(22(18(24)25)19(2,3)4)13-9-7-10-14(11-13)17-16(23(26)27)12-20-21(17)5/h6-7,9-12,15H,1,8H2,2-5H3,(H,24,25)/t15-/m0/s1.